The van der Waals surface area contributed by atoms with Crippen LogP contribution in [0.3, 0.4) is 0 Å². The predicted molar refractivity (Wildman–Crippen MR) is 55.2 cm³/mol. The molecule has 15 heavy (non-hydrogen) atoms. The quantitative estimate of drug-likeness (QED) is 0.756. The molecule has 0 aromatic carbocycles. The minimum absolute atomic E-state index is 0.411. The van der Waals surface area contributed by atoms with Crippen LogP contribution in [0.25, 0.3) is 0 Å². The molecule has 0 atom stereocenters. The van der Waals surface area contributed by atoms with E-state index in [4.69, 9.17) is 5.11 Å². The summed E-state index contributed by atoms with van der Waals surface area (Å²) in [7, 11) is -4.10. The van der Waals surface area contributed by atoms with E-state index in [-0.39, 0.29) is 0 Å². The van der Waals surface area contributed by atoms with Crippen molar-refractivity contribution in [2.45, 2.75) is 6.92 Å². The van der Waals surface area contributed by atoms with E-state index < -0.39 is 31.7 Å². The van der Waals surface area contributed by atoms with Crippen LogP contribution in [0.5, 0.6) is 0 Å². The molecule has 1 heterocycles. The molecule has 0 bridgehead atoms. The molecule has 0 saturated heterocycles. The first-order valence-electron chi connectivity index (χ1n) is 3.85. The summed E-state index contributed by atoms with van der Waals surface area (Å²) in [5.74, 6) is -1.06. The van der Waals surface area contributed by atoms with Gasteiger partial charge in [0.15, 0.2) is 5.71 Å². The number of carboxylic acids is 1. The highest BCUT2D eigenvalue weighted by atomic mass is 32.2. The molecule has 1 aliphatic heterocycles. The Hall–Kier alpha value is -1.15. The van der Waals surface area contributed by atoms with Gasteiger partial charge in [-0.05, 0) is 11.8 Å². The lowest BCUT2D eigenvalue weighted by atomic mass is 10.3. The van der Waals surface area contributed by atoms with Crippen LogP contribution in [0.15, 0.2) is 15.4 Å². The molecule has 1 aliphatic rings. The van der Waals surface area contributed by atoms with E-state index >= 15 is 0 Å². The average molecular weight is 249 g/mol. The molecular formula is C7H7NO5S2. The molecule has 0 aromatic rings. The first-order valence-corrected chi connectivity index (χ1v) is 6.28. The summed E-state index contributed by atoms with van der Waals surface area (Å²) in [6.07, 6.45) is 0.780. The van der Waals surface area contributed by atoms with Crippen LogP contribution >= 0.6 is 11.8 Å². The van der Waals surface area contributed by atoms with Crippen molar-refractivity contribution < 1.29 is 23.1 Å². The molecule has 0 spiro atoms. The highest BCUT2D eigenvalue weighted by Gasteiger charge is 2.32. The minimum atomic E-state index is -4.10. The van der Waals surface area contributed by atoms with Gasteiger partial charge in [-0.25, -0.2) is 4.79 Å². The fourth-order valence-electron chi connectivity index (χ4n) is 0.871. The number of sulfonamides is 1. The maximum atomic E-state index is 11.3. The van der Waals surface area contributed by atoms with Gasteiger partial charge in [-0.3, -0.25) is 4.79 Å². The average Bonchev–Trinajstić information content (AvgIpc) is 2.42. The van der Waals surface area contributed by atoms with Crippen molar-refractivity contribution in [2.75, 3.05) is 5.75 Å². The molecule has 0 unspecified atom stereocenters. The standard InChI is InChI=1S/C7H7NO5S2/c1-2-14-7(11)5-3-4(6(9)10)8-15(5,12)13/h3H,2H2,1H3,(H,9,10). The molecule has 6 nitrogen and oxygen atoms in total. The van der Waals surface area contributed by atoms with Gasteiger partial charge in [0.05, 0.1) is 0 Å². The number of aliphatic carboxylic acids is 1. The first-order chi connectivity index (χ1) is 6.88. The predicted octanol–water partition coefficient (Wildman–Crippen LogP) is 0.0190. The Morgan fingerprint density at radius 1 is 1.53 bits per heavy atom. The smallest absolute Gasteiger partial charge is 0.355 e. The van der Waals surface area contributed by atoms with Crippen molar-refractivity contribution in [3.63, 3.8) is 0 Å². The van der Waals surface area contributed by atoms with Crippen LogP contribution in [-0.2, 0) is 19.6 Å². The second-order valence-corrected chi connectivity index (χ2v) is 5.30. The van der Waals surface area contributed by atoms with Crippen LogP contribution in [0, 0.1) is 0 Å². The molecule has 1 N–H and O–H groups in total. The summed E-state index contributed by atoms with van der Waals surface area (Å²) in [5.41, 5.74) is -0.630. The summed E-state index contributed by atoms with van der Waals surface area (Å²) in [4.78, 5) is 21.2. The zero-order valence-electron chi connectivity index (χ0n) is 7.63. The molecule has 0 radical (unpaired) electrons. The van der Waals surface area contributed by atoms with Crippen molar-refractivity contribution >= 4 is 38.6 Å². The van der Waals surface area contributed by atoms with Gasteiger partial charge in [0.1, 0.15) is 4.91 Å². The number of thioether (sulfide) groups is 1. The summed E-state index contributed by atoms with van der Waals surface area (Å²) < 4.78 is 25.4. The van der Waals surface area contributed by atoms with Gasteiger partial charge in [-0.2, -0.15) is 12.8 Å². The fraction of sp³-hybridized carbons (Fsp3) is 0.286. The number of carbonyl (C=O) groups is 2. The molecule has 0 aromatic heterocycles. The zero-order valence-corrected chi connectivity index (χ0v) is 9.26. The Labute approximate surface area is 90.1 Å². The van der Waals surface area contributed by atoms with E-state index in [1.54, 1.807) is 6.92 Å². The SMILES string of the molecule is CCSC(=O)C1=CC(C(=O)O)=NS1(=O)=O. The number of nitrogens with zero attached hydrogens (tertiary/aromatic N) is 1. The molecule has 82 valence electrons. The lowest BCUT2D eigenvalue weighted by Crippen LogP contribution is -2.07. The highest BCUT2D eigenvalue weighted by molar-refractivity contribution is 8.16. The topological polar surface area (TPSA) is 101 Å². The summed E-state index contributed by atoms with van der Waals surface area (Å²) in [6, 6.07) is 0. The van der Waals surface area contributed by atoms with Crippen molar-refractivity contribution in [3.05, 3.63) is 11.0 Å². The highest BCUT2D eigenvalue weighted by Crippen LogP contribution is 2.22. The molecule has 0 aliphatic carbocycles. The number of hydrogen-bond donors (Lipinski definition) is 1. The number of carboxylic acid groups (broad SMARTS) is 1. The first kappa shape index (κ1) is 11.9. The van der Waals surface area contributed by atoms with Gasteiger partial charge in [0.25, 0.3) is 10.0 Å². The molecule has 0 fully saturated rings. The van der Waals surface area contributed by atoms with Crippen LogP contribution in [0.1, 0.15) is 6.92 Å². The largest absolute Gasteiger partial charge is 0.476 e. The second kappa shape index (κ2) is 4.15. The third kappa shape index (κ3) is 2.45. The lowest BCUT2D eigenvalue weighted by Gasteiger charge is -1.96. The Morgan fingerprint density at radius 3 is 2.53 bits per heavy atom. The second-order valence-electron chi connectivity index (χ2n) is 2.49. The molecular weight excluding hydrogens is 242 g/mol. The van der Waals surface area contributed by atoms with Gasteiger partial charge < -0.3 is 5.11 Å². The van der Waals surface area contributed by atoms with Gasteiger partial charge in [-0.15, -0.1) is 0 Å². The van der Waals surface area contributed by atoms with Crippen molar-refractivity contribution in [1.82, 2.24) is 0 Å². The monoisotopic (exact) mass is 249 g/mol. The Morgan fingerprint density at radius 2 is 2.13 bits per heavy atom. The Kier molecular flexibility index (Phi) is 3.30. The molecule has 0 amide bonds. The zero-order chi connectivity index (χ0) is 11.6. The minimum Gasteiger partial charge on any atom is -0.476 e. The number of rotatable bonds is 3. The van der Waals surface area contributed by atoms with Crippen LogP contribution in [0.2, 0.25) is 0 Å². The normalized spacial score (nSPS) is 18.2. The van der Waals surface area contributed by atoms with Crippen molar-refractivity contribution in [2.24, 2.45) is 4.40 Å². The Balaban J connectivity index is 3.10. The molecule has 1 rings (SSSR count). The van der Waals surface area contributed by atoms with Gasteiger partial charge in [-0.1, -0.05) is 18.7 Å². The summed E-state index contributed by atoms with van der Waals surface area (Å²) in [6.45, 7) is 1.68. The van der Waals surface area contributed by atoms with Crippen LogP contribution < -0.4 is 0 Å². The van der Waals surface area contributed by atoms with E-state index in [9.17, 15) is 18.0 Å². The van der Waals surface area contributed by atoms with Gasteiger partial charge in [0.2, 0.25) is 5.12 Å². The van der Waals surface area contributed by atoms with E-state index in [1.165, 1.54) is 0 Å². The third-order valence-corrected chi connectivity index (χ3v) is 3.66. The number of hydrogen-bond acceptors (Lipinski definition) is 5. The fourth-order valence-corrected chi connectivity index (χ4v) is 2.79. The van der Waals surface area contributed by atoms with E-state index in [0.29, 0.717) is 5.75 Å². The Bertz CT molecular complexity index is 474. The summed E-state index contributed by atoms with van der Waals surface area (Å²) >= 11 is 0.792. The van der Waals surface area contributed by atoms with Crippen molar-refractivity contribution in [1.29, 1.82) is 0 Å². The van der Waals surface area contributed by atoms with Gasteiger partial charge >= 0.3 is 5.97 Å². The van der Waals surface area contributed by atoms with E-state index in [2.05, 4.69) is 4.40 Å². The van der Waals surface area contributed by atoms with Crippen LogP contribution in [-0.4, -0.2) is 36.1 Å². The van der Waals surface area contributed by atoms with E-state index in [1.807, 2.05) is 0 Å². The van der Waals surface area contributed by atoms with E-state index in [0.717, 1.165) is 17.8 Å². The third-order valence-electron chi connectivity index (χ3n) is 1.46. The van der Waals surface area contributed by atoms with Gasteiger partial charge in [0, 0.05) is 0 Å². The summed E-state index contributed by atoms with van der Waals surface area (Å²) in [5, 5.41) is 7.83. The maximum absolute atomic E-state index is 11.3. The maximum Gasteiger partial charge on any atom is 0.355 e. The molecule has 0 saturated carbocycles. The lowest BCUT2D eigenvalue weighted by molar-refractivity contribution is -0.129. The van der Waals surface area contributed by atoms with Crippen LogP contribution in [0.4, 0.5) is 0 Å². The molecule has 8 heteroatoms. The number of carbonyl (C=O) groups excluding carboxylic acids is 1. The van der Waals surface area contributed by atoms with Crippen molar-refractivity contribution in [3.8, 4) is 0 Å².